The molecule has 0 aliphatic heterocycles. The minimum atomic E-state index is 1.15. The number of nitrogens with zero attached hydrogens (tertiary/aromatic N) is 1. The third kappa shape index (κ3) is 3.62. The van der Waals surface area contributed by atoms with Gasteiger partial charge in [-0.05, 0) is 36.5 Å². The summed E-state index contributed by atoms with van der Waals surface area (Å²) in [6, 6.07) is 8.34. The molecular formula is C13H19N. The Kier molecular flexibility index (Phi) is 6.49. The van der Waals surface area contributed by atoms with Crippen molar-refractivity contribution in [2.75, 3.05) is 0 Å². The normalized spacial score (nSPS) is 8.50. The molecule has 14 heavy (non-hydrogen) atoms. The maximum absolute atomic E-state index is 7.32. The van der Waals surface area contributed by atoms with Crippen LogP contribution in [0.15, 0.2) is 18.2 Å². The van der Waals surface area contributed by atoms with Crippen molar-refractivity contribution in [1.29, 1.82) is 5.26 Å². The maximum Gasteiger partial charge on any atom is 0.0587 e. The van der Waals surface area contributed by atoms with Crippen LogP contribution >= 0.6 is 0 Å². The molecule has 1 aromatic carbocycles. The first-order valence-corrected chi connectivity index (χ1v) is 5.09. The van der Waals surface area contributed by atoms with Crippen LogP contribution in [0.1, 0.15) is 37.5 Å². The topological polar surface area (TPSA) is 23.8 Å². The summed E-state index contributed by atoms with van der Waals surface area (Å²) in [5.41, 5.74) is 4.46. The van der Waals surface area contributed by atoms with Gasteiger partial charge in [-0.3, -0.25) is 0 Å². The van der Waals surface area contributed by atoms with Gasteiger partial charge in [0.2, 0.25) is 0 Å². The van der Waals surface area contributed by atoms with Gasteiger partial charge in [-0.15, -0.1) is 0 Å². The van der Waals surface area contributed by atoms with Crippen molar-refractivity contribution < 1.29 is 0 Å². The Labute approximate surface area is 87.4 Å². The zero-order chi connectivity index (χ0) is 11.0. The number of nitriles is 1. The highest BCUT2D eigenvalue weighted by Crippen LogP contribution is 2.14. The van der Waals surface area contributed by atoms with Gasteiger partial charge in [-0.25, -0.2) is 0 Å². The number of aryl methyl sites for hydroxylation is 2. The van der Waals surface area contributed by atoms with E-state index in [0.717, 1.165) is 12.8 Å². The fourth-order valence-corrected chi connectivity index (χ4v) is 1.50. The Morgan fingerprint density at radius 3 is 1.79 bits per heavy atom. The molecule has 0 heterocycles. The number of hydrogen-bond acceptors (Lipinski definition) is 1. The van der Waals surface area contributed by atoms with E-state index in [1.165, 1.54) is 23.6 Å². The van der Waals surface area contributed by atoms with E-state index in [9.17, 15) is 0 Å². The zero-order valence-electron chi connectivity index (χ0n) is 9.59. The van der Waals surface area contributed by atoms with Crippen molar-refractivity contribution in [3.05, 3.63) is 34.9 Å². The number of rotatable bonds is 2. The second-order valence-electron chi connectivity index (χ2n) is 3.13. The van der Waals surface area contributed by atoms with Crippen molar-refractivity contribution in [1.82, 2.24) is 0 Å². The summed E-state index contributed by atoms with van der Waals surface area (Å²) < 4.78 is 0. The Hall–Kier alpha value is -1.29. The molecule has 0 radical (unpaired) electrons. The standard InChI is InChI=1S/C11H16.C2H3N/c1-4-10-7-6-8-11(5-2)9(10)3;1-2-3/h6-8H,4-5H2,1-3H3;1H3. The molecule has 0 aliphatic rings. The van der Waals surface area contributed by atoms with Crippen LogP contribution in [0.5, 0.6) is 0 Å². The van der Waals surface area contributed by atoms with Crippen LogP contribution in [-0.4, -0.2) is 0 Å². The fourth-order valence-electron chi connectivity index (χ4n) is 1.50. The molecule has 0 unspecified atom stereocenters. The molecule has 76 valence electrons. The van der Waals surface area contributed by atoms with Gasteiger partial charge in [0, 0.05) is 6.92 Å². The van der Waals surface area contributed by atoms with Crippen LogP contribution in [0, 0.1) is 18.3 Å². The molecule has 0 fully saturated rings. The molecule has 1 heteroatoms. The summed E-state index contributed by atoms with van der Waals surface area (Å²) in [4.78, 5) is 0. The Bertz CT molecular complexity index is 285. The molecule has 0 bridgehead atoms. The predicted octanol–water partition coefficient (Wildman–Crippen LogP) is 3.65. The maximum atomic E-state index is 7.32. The number of benzene rings is 1. The molecule has 0 saturated heterocycles. The highest BCUT2D eigenvalue weighted by Gasteiger charge is 1.98. The minimum Gasteiger partial charge on any atom is -0.199 e. The lowest BCUT2D eigenvalue weighted by Crippen LogP contribution is -1.91. The van der Waals surface area contributed by atoms with Gasteiger partial charge in [-0.2, -0.15) is 5.26 Å². The molecular weight excluding hydrogens is 170 g/mol. The first kappa shape index (κ1) is 12.7. The van der Waals surface area contributed by atoms with Crippen molar-refractivity contribution in [2.24, 2.45) is 0 Å². The van der Waals surface area contributed by atoms with Crippen LogP contribution < -0.4 is 0 Å². The van der Waals surface area contributed by atoms with Crippen LogP contribution in [-0.2, 0) is 12.8 Å². The van der Waals surface area contributed by atoms with E-state index < -0.39 is 0 Å². The van der Waals surface area contributed by atoms with Gasteiger partial charge in [0.05, 0.1) is 6.07 Å². The highest BCUT2D eigenvalue weighted by molar-refractivity contribution is 5.33. The van der Waals surface area contributed by atoms with Crippen molar-refractivity contribution in [3.63, 3.8) is 0 Å². The molecule has 0 N–H and O–H groups in total. The Morgan fingerprint density at radius 1 is 1.14 bits per heavy atom. The van der Waals surface area contributed by atoms with Crippen LogP contribution in [0.25, 0.3) is 0 Å². The van der Waals surface area contributed by atoms with E-state index in [2.05, 4.69) is 39.0 Å². The van der Waals surface area contributed by atoms with Crippen LogP contribution in [0.3, 0.4) is 0 Å². The average Bonchev–Trinajstić information content (AvgIpc) is 2.19. The van der Waals surface area contributed by atoms with Gasteiger partial charge in [0.1, 0.15) is 0 Å². The Balaban J connectivity index is 0.000000500. The van der Waals surface area contributed by atoms with E-state index in [4.69, 9.17) is 5.26 Å². The summed E-state index contributed by atoms with van der Waals surface area (Å²) >= 11 is 0. The summed E-state index contributed by atoms with van der Waals surface area (Å²) in [6.45, 7) is 8.07. The van der Waals surface area contributed by atoms with Gasteiger partial charge >= 0.3 is 0 Å². The smallest absolute Gasteiger partial charge is 0.0587 e. The van der Waals surface area contributed by atoms with E-state index in [1.54, 1.807) is 6.07 Å². The highest BCUT2D eigenvalue weighted by atomic mass is 14.2. The largest absolute Gasteiger partial charge is 0.199 e. The van der Waals surface area contributed by atoms with Crippen molar-refractivity contribution >= 4 is 0 Å². The van der Waals surface area contributed by atoms with Crippen LogP contribution in [0.4, 0.5) is 0 Å². The SMILES string of the molecule is CC#N.CCc1cccc(CC)c1C. The fraction of sp³-hybridized carbons (Fsp3) is 0.462. The lowest BCUT2D eigenvalue weighted by molar-refractivity contribution is 1.05. The van der Waals surface area contributed by atoms with Gasteiger partial charge in [0.15, 0.2) is 0 Å². The quantitative estimate of drug-likeness (QED) is 0.696. The summed E-state index contributed by atoms with van der Waals surface area (Å²) in [5.74, 6) is 0. The summed E-state index contributed by atoms with van der Waals surface area (Å²) in [7, 11) is 0. The third-order valence-corrected chi connectivity index (χ3v) is 2.32. The Morgan fingerprint density at radius 2 is 1.50 bits per heavy atom. The molecule has 0 aliphatic carbocycles. The second kappa shape index (κ2) is 7.15. The number of hydrogen-bond donors (Lipinski definition) is 0. The molecule has 1 nitrogen and oxygen atoms in total. The zero-order valence-corrected chi connectivity index (χ0v) is 9.59. The second-order valence-corrected chi connectivity index (χ2v) is 3.13. The molecule has 1 aromatic rings. The molecule has 1 rings (SSSR count). The van der Waals surface area contributed by atoms with E-state index in [0.29, 0.717) is 0 Å². The van der Waals surface area contributed by atoms with Gasteiger partial charge in [0.25, 0.3) is 0 Å². The lowest BCUT2D eigenvalue weighted by Gasteiger charge is -2.06. The van der Waals surface area contributed by atoms with E-state index in [-0.39, 0.29) is 0 Å². The van der Waals surface area contributed by atoms with E-state index in [1.807, 2.05) is 0 Å². The average molecular weight is 189 g/mol. The molecule has 0 amide bonds. The van der Waals surface area contributed by atoms with Crippen molar-refractivity contribution in [3.8, 4) is 6.07 Å². The first-order valence-electron chi connectivity index (χ1n) is 5.09. The van der Waals surface area contributed by atoms with Crippen molar-refractivity contribution in [2.45, 2.75) is 40.5 Å². The molecule has 0 spiro atoms. The van der Waals surface area contributed by atoms with Gasteiger partial charge in [-0.1, -0.05) is 32.0 Å². The lowest BCUT2D eigenvalue weighted by atomic mass is 9.99. The van der Waals surface area contributed by atoms with Gasteiger partial charge < -0.3 is 0 Å². The summed E-state index contributed by atoms with van der Waals surface area (Å²) in [5, 5.41) is 7.32. The molecule has 0 saturated carbocycles. The summed E-state index contributed by atoms with van der Waals surface area (Å²) in [6.07, 6.45) is 2.30. The molecule has 0 aromatic heterocycles. The predicted molar refractivity (Wildman–Crippen MR) is 61.2 cm³/mol. The van der Waals surface area contributed by atoms with Crippen LogP contribution in [0.2, 0.25) is 0 Å². The van der Waals surface area contributed by atoms with E-state index >= 15 is 0 Å². The minimum absolute atomic E-state index is 1.15. The monoisotopic (exact) mass is 189 g/mol. The first-order chi connectivity index (χ1) is 6.71. The molecule has 0 atom stereocenters. The third-order valence-electron chi connectivity index (χ3n) is 2.32.